The van der Waals surface area contributed by atoms with Gasteiger partial charge in [0.05, 0.1) is 11.1 Å². The summed E-state index contributed by atoms with van der Waals surface area (Å²) in [5.41, 5.74) is 0.154. The predicted molar refractivity (Wildman–Crippen MR) is 118 cm³/mol. The van der Waals surface area contributed by atoms with Gasteiger partial charge in [-0.25, -0.2) is 4.98 Å². The molecular weight excluding hydrogens is 427 g/mol. The molecule has 164 valence electrons. The first kappa shape index (κ1) is 22.9. The molecule has 2 N–H and O–H groups in total. The van der Waals surface area contributed by atoms with Crippen LogP contribution in [0.3, 0.4) is 0 Å². The summed E-state index contributed by atoms with van der Waals surface area (Å²) in [6.45, 7) is 0. The molecule has 0 aliphatic heterocycles. The third-order valence-electron chi connectivity index (χ3n) is 5.46. The molecule has 0 radical (unpaired) electrons. The predicted octanol–water partition coefficient (Wildman–Crippen LogP) is 5.83. The minimum Gasteiger partial charge on any atom is -0.367 e. The molecule has 0 atom stereocenters. The lowest BCUT2D eigenvalue weighted by Crippen LogP contribution is -2.40. The molecule has 3 aromatic rings. The molecule has 1 aliphatic rings. The third kappa shape index (κ3) is 5.67. The number of pyridine rings is 1. The van der Waals surface area contributed by atoms with Crippen molar-refractivity contribution in [2.45, 2.75) is 43.9 Å². The fraction of sp³-hybridized carbons (Fsp3) is 0.304. The minimum atomic E-state index is -4.46. The summed E-state index contributed by atoms with van der Waals surface area (Å²) in [6.07, 6.45) is -1.24. The highest BCUT2D eigenvalue weighted by Gasteiger charge is 2.31. The number of aromatic nitrogens is 1. The van der Waals surface area contributed by atoms with Crippen molar-refractivity contribution >= 4 is 35.0 Å². The van der Waals surface area contributed by atoms with Gasteiger partial charge in [0.25, 0.3) is 5.91 Å². The average molecular weight is 450 g/mol. The lowest BCUT2D eigenvalue weighted by Gasteiger charge is -2.30. The molecule has 1 aromatic heterocycles. The number of benzene rings is 2. The number of carbonyl (C=O) groups excluding carboxylic acids is 1. The van der Waals surface area contributed by atoms with Crippen LogP contribution in [0.2, 0.25) is 0 Å². The van der Waals surface area contributed by atoms with Crippen LogP contribution in [0.4, 0.5) is 19.0 Å². The number of hydrogen-bond acceptors (Lipinski definition) is 3. The van der Waals surface area contributed by atoms with Crippen LogP contribution < -0.4 is 10.6 Å². The number of para-hydroxylation sites is 1. The van der Waals surface area contributed by atoms with E-state index in [4.69, 9.17) is 0 Å². The van der Waals surface area contributed by atoms with Crippen molar-refractivity contribution in [1.29, 1.82) is 0 Å². The number of nitrogens with zero attached hydrogens (tertiary/aromatic N) is 1. The SMILES string of the molecule is Cl.O=C(NC1CCC(Nc2ccc3ccccc3n2)CC1)c1cccc(C(F)(F)F)c1. The Morgan fingerprint density at radius 2 is 1.61 bits per heavy atom. The highest BCUT2D eigenvalue weighted by Crippen LogP contribution is 2.30. The largest absolute Gasteiger partial charge is 0.416 e. The molecule has 0 unspecified atom stereocenters. The number of fused-ring (bicyclic) bond motifs is 1. The Hall–Kier alpha value is -2.80. The van der Waals surface area contributed by atoms with E-state index < -0.39 is 17.6 Å². The second-order valence-corrected chi connectivity index (χ2v) is 7.63. The van der Waals surface area contributed by atoms with Crippen molar-refractivity contribution in [3.05, 3.63) is 71.8 Å². The first-order chi connectivity index (χ1) is 14.4. The van der Waals surface area contributed by atoms with E-state index in [-0.39, 0.29) is 30.1 Å². The lowest BCUT2D eigenvalue weighted by atomic mass is 9.91. The van der Waals surface area contributed by atoms with Crippen LogP contribution in [-0.4, -0.2) is 23.0 Å². The molecule has 0 bridgehead atoms. The van der Waals surface area contributed by atoms with Crippen LogP contribution in [0.1, 0.15) is 41.6 Å². The maximum Gasteiger partial charge on any atom is 0.416 e. The van der Waals surface area contributed by atoms with E-state index in [0.29, 0.717) is 0 Å². The van der Waals surface area contributed by atoms with Gasteiger partial charge in [-0.2, -0.15) is 13.2 Å². The molecule has 1 aliphatic carbocycles. The molecule has 2 aromatic carbocycles. The number of rotatable bonds is 4. The van der Waals surface area contributed by atoms with E-state index >= 15 is 0 Å². The number of halogens is 4. The molecule has 0 spiro atoms. The minimum absolute atomic E-state index is 0. The van der Waals surface area contributed by atoms with E-state index in [1.54, 1.807) is 0 Å². The number of amides is 1. The molecular formula is C23H23ClF3N3O. The van der Waals surface area contributed by atoms with Crippen LogP contribution in [0.15, 0.2) is 60.7 Å². The van der Waals surface area contributed by atoms with Crippen molar-refractivity contribution < 1.29 is 18.0 Å². The van der Waals surface area contributed by atoms with Gasteiger partial charge in [-0.3, -0.25) is 4.79 Å². The van der Waals surface area contributed by atoms with Crippen LogP contribution in [0, 0.1) is 0 Å². The summed E-state index contributed by atoms with van der Waals surface area (Å²) in [7, 11) is 0. The second kappa shape index (κ2) is 9.56. The topological polar surface area (TPSA) is 54.0 Å². The number of carbonyl (C=O) groups is 1. The van der Waals surface area contributed by atoms with E-state index in [0.717, 1.165) is 54.5 Å². The monoisotopic (exact) mass is 449 g/mol. The van der Waals surface area contributed by atoms with Crippen LogP contribution >= 0.6 is 12.4 Å². The summed E-state index contributed by atoms with van der Waals surface area (Å²) in [6, 6.07) is 16.7. The van der Waals surface area contributed by atoms with Crippen LogP contribution in [-0.2, 0) is 6.18 Å². The Kier molecular flexibility index (Phi) is 7.05. The fourth-order valence-electron chi connectivity index (χ4n) is 3.84. The molecule has 8 heteroatoms. The zero-order chi connectivity index (χ0) is 21.1. The van der Waals surface area contributed by atoms with E-state index in [2.05, 4.69) is 15.6 Å². The van der Waals surface area contributed by atoms with Crippen molar-refractivity contribution in [3.63, 3.8) is 0 Å². The number of hydrogen-bond donors (Lipinski definition) is 2. The number of nitrogens with one attached hydrogen (secondary N) is 2. The Morgan fingerprint density at radius 1 is 0.903 bits per heavy atom. The molecule has 31 heavy (non-hydrogen) atoms. The summed E-state index contributed by atoms with van der Waals surface area (Å²) >= 11 is 0. The third-order valence-corrected chi connectivity index (χ3v) is 5.46. The zero-order valence-corrected chi connectivity index (χ0v) is 17.5. The lowest BCUT2D eigenvalue weighted by molar-refractivity contribution is -0.137. The molecule has 4 nitrogen and oxygen atoms in total. The molecule has 0 saturated heterocycles. The maximum absolute atomic E-state index is 12.9. The molecule has 4 rings (SSSR count). The van der Waals surface area contributed by atoms with Crippen molar-refractivity contribution in [1.82, 2.24) is 10.3 Å². The van der Waals surface area contributed by atoms with Crippen molar-refractivity contribution in [3.8, 4) is 0 Å². The van der Waals surface area contributed by atoms with Gasteiger partial charge in [0.15, 0.2) is 0 Å². The molecule has 1 saturated carbocycles. The summed E-state index contributed by atoms with van der Waals surface area (Å²) in [4.78, 5) is 17.0. The number of alkyl halides is 3. The van der Waals surface area contributed by atoms with Gasteiger partial charge in [0, 0.05) is 23.0 Å². The molecule has 1 amide bonds. The van der Waals surface area contributed by atoms with Gasteiger partial charge in [-0.05, 0) is 62.1 Å². The van der Waals surface area contributed by atoms with Gasteiger partial charge < -0.3 is 10.6 Å². The van der Waals surface area contributed by atoms with Gasteiger partial charge in [-0.1, -0.05) is 24.3 Å². The number of anilines is 1. The molecule has 1 heterocycles. The van der Waals surface area contributed by atoms with Crippen LogP contribution in [0.25, 0.3) is 10.9 Å². The first-order valence-electron chi connectivity index (χ1n) is 9.99. The highest BCUT2D eigenvalue weighted by atomic mass is 35.5. The second-order valence-electron chi connectivity index (χ2n) is 7.63. The standard InChI is InChI=1S/C23H22F3N3O.ClH/c24-23(25,26)17-6-3-5-16(14-17)22(30)28-19-11-9-18(10-12-19)27-21-13-8-15-4-1-2-7-20(15)29-21;/h1-8,13-14,18-19H,9-12H2,(H,27,29)(H,28,30);1H. The smallest absolute Gasteiger partial charge is 0.367 e. The van der Waals surface area contributed by atoms with Gasteiger partial charge >= 0.3 is 6.18 Å². The van der Waals surface area contributed by atoms with E-state index in [1.807, 2.05) is 36.4 Å². The Bertz CT molecular complexity index is 1050. The Morgan fingerprint density at radius 3 is 2.35 bits per heavy atom. The summed E-state index contributed by atoms with van der Waals surface area (Å²) < 4.78 is 38.6. The van der Waals surface area contributed by atoms with Crippen molar-refractivity contribution in [2.75, 3.05) is 5.32 Å². The van der Waals surface area contributed by atoms with E-state index in [1.165, 1.54) is 12.1 Å². The maximum atomic E-state index is 12.9. The zero-order valence-electron chi connectivity index (χ0n) is 16.7. The van der Waals surface area contributed by atoms with E-state index in [9.17, 15) is 18.0 Å². The highest BCUT2D eigenvalue weighted by molar-refractivity contribution is 5.94. The summed E-state index contributed by atoms with van der Waals surface area (Å²) in [5, 5.41) is 7.41. The Balaban J connectivity index is 0.00000272. The first-order valence-corrected chi connectivity index (χ1v) is 9.99. The quantitative estimate of drug-likeness (QED) is 0.527. The Labute approximate surface area is 184 Å². The average Bonchev–Trinajstić information content (AvgIpc) is 2.74. The van der Waals surface area contributed by atoms with Gasteiger partial charge in [0.1, 0.15) is 5.82 Å². The molecule has 1 fully saturated rings. The van der Waals surface area contributed by atoms with Crippen molar-refractivity contribution in [2.24, 2.45) is 0 Å². The fourth-order valence-corrected chi connectivity index (χ4v) is 3.84. The van der Waals surface area contributed by atoms with Gasteiger partial charge in [0.2, 0.25) is 0 Å². The van der Waals surface area contributed by atoms with Crippen LogP contribution in [0.5, 0.6) is 0 Å². The van der Waals surface area contributed by atoms with Gasteiger partial charge in [-0.15, -0.1) is 12.4 Å². The summed E-state index contributed by atoms with van der Waals surface area (Å²) in [5.74, 6) is 0.360. The normalized spacial score (nSPS) is 18.8.